The highest BCUT2D eigenvalue weighted by molar-refractivity contribution is 6.24. The van der Waals surface area contributed by atoms with Crippen LogP contribution in [0.1, 0.15) is 30.9 Å². The molecular formula is C19H29N5O. The molecule has 0 saturated heterocycles. The lowest BCUT2D eigenvalue weighted by Gasteiger charge is -2.34. The van der Waals surface area contributed by atoms with Crippen LogP contribution in [0.2, 0.25) is 0 Å². The number of rotatable bonds is 7. The zero-order valence-corrected chi connectivity index (χ0v) is 15.5. The van der Waals surface area contributed by atoms with E-state index in [0.717, 1.165) is 42.8 Å². The summed E-state index contributed by atoms with van der Waals surface area (Å²) in [5.74, 6) is -0.0557. The maximum atomic E-state index is 13.0. The maximum absolute atomic E-state index is 13.0. The molecular weight excluding hydrogens is 314 g/mol. The highest BCUT2D eigenvalue weighted by Crippen LogP contribution is 2.35. The van der Waals surface area contributed by atoms with Crippen LogP contribution in [0, 0.1) is 5.92 Å². The van der Waals surface area contributed by atoms with Crippen LogP contribution < -0.4 is 16.1 Å². The van der Waals surface area contributed by atoms with E-state index >= 15 is 0 Å². The first kappa shape index (κ1) is 17.9. The van der Waals surface area contributed by atoms with Crippen LogP contribution in [0.5, 0.6) is 0 Å². The number of aryl methyl sites for hydroxylation is 1. The molecule has 6 heteroatoms. The van der Waals surface area contributed by atoms with E-state index in [2.05, 4.69) is 47.7 Å². The second-order valence-electron chi connectivity index (χ2n) is 7.28. The topological polar surface area (TPSA) is 74.0 Å². The molecule has 2 heterocycles. The van der Waals surface area contributed by atoms with Gasteiger partial charge in [0.2, 0.25) is 5.91 Å². The van der Waals surface area contributed by atoms with Gasteiger partial charge in [-0.2, -0.15) is 5.10 Å². The minimum atomic E-state index is -0.192. The van der Waals surface area contributed by atoms with Crippen molar-refractivity contribution in [2.24, 2.45) is 16.8 Å². The van der Waals surface area contributed by atoms with Gasteiger partial charge in [0, 0.05) is 12.1 Å². The lowest BCUT2D eigenvalue weighted by atomic mass is 9.85. The Balaban J connectivity index is 1.90. The molecule has 3 N–H and O–H groups in total. The summed E-state index contributed by atoms with van der Waals surface area (Å²) in [4.78, 5) is 17.1. The average molecular weight is 343 g/mol. The monoisotopic (exact) mass is 343 g/mol. The molecule has 0 aliphatic carbocycles. The van der Waals surface area contributed by atoms with Crippen molar-refractivity contribution in [1.29, 1.82) is 0 Å². The summed E-state index contributed by atoms with van der Waals surface area (Å²) in [5.41, 5.74) is 13.0. The summed E-state index contributed by atoms with van der Waals surface area (Å²) in [6.45, 7) is 4.34. The third-order valence-electron chi connectivity index (χ3n) is 5.00. The SMILES string of the molecule is CC1NN=C2c3cc(CCCN(C)C)ccc3N(CCCN)C(=O)C21. The molecule has 2 unspecified atom stereocenters. The van der Waals surface area contributed by atoms with Crippen molar-refractivity contribution in [3.8, 4) is 0 Å². The summed E-state index contributed by atoms with van der Waals surface area (Å²) in [6.07, 6.45) is 2.95. The van der Waals surface area contributed by atoms with E-state index < -0.39 is 0 Å². The van der Waals surface area contributed by atoms with Gasteiger partial charge in [-0.3, -0.25) is 4.79 Å². The molecule has 0 spiro atoms. The number of fused-ring (bicyclic) bond motifs is 3. The molecule has 1 aromatic rings. The first-order valence-corrected chi connectivity index (χ1v) is 9.15. The van der Waals surface area contributed by atoms with Crippen LogP contribution in [0.3, 0.4) is 0 Å². The van der Waals surface area contributed by atoms with Crippen molar-refractivity contribution in [1.82, 2.24) is 10.3 Å². The standard InChI is InChI=1S/C19H29N5O/c1-13-17-18(22-21-13)15-12-14(6-4-10-23(2)3)7-8-16(15)24(19(17)25)11-5-9-20/h7-8,12-13,17,21H,4-6,9-11,20H2,1-3H3. The van der Waals surface area contributed by atoms with Crippen molar-refractivity contribution in [3.63, 3.8) is 0 Å². The zero-order valence-electron chi connectivity index (χ0n) is 15.5. The van der Waals surface area contributed by atoms with Gasteiger partial charge in [0.25, 0.3) is 0 Å². The molecule has 0 saturated carbocycles. The summed E-state index contributed by atoms with van der Waals surface area (Å²) in [5, 5.41) is 4.48. The fraction of sp³-hybridized carbons (Fsp3) is 0.579. The third-order valence-corrected chi connectivity index (χ3v) is 5.00. The lowest BCUT2D eigenvalue weighted by molar-refractivity contribution is -0.121. The number of anilines is 1. The van der Waals surface area contributed by atoms with Crippen molar-refractivity contribution < 1.29 is 4.79 Å². The number of benzene rings is 1. The number of nitrogens with zero attached hydrogens (tertiary/aromatic N) is 3. The molecule has 0 radical (unpaired) electrons. The minimum Gasteiger partial charge on any atom is -0.330 e. The normalized spacial score (nSPS) is 21.9. The van der Waals surface area contributed by atoms with Gasteiger partial charge in [0.1, 0.15) is 5.92 Å². The van der Waals surface area contributed by atoms with Gasteiger partial charge in [-0.1, -0.05) is 6.07 Å². The molecule has 0 fully saturated rings. The van der Waals surface area contributed by atoms with Gasteiger partial charge in [0.15, 0.2) is 0 Å². The molecule has 2 aliphatic heterocycles. The molecule has 136 valence electrons. The number of amides is 1. The first-order chi connectivity index (χ1) is 12.0. The van der Waals surface area contributed by atoms with Crippen LogP contribution in [0.4, 0.5) is 5.69 Å². The van der Waals surface area contributed by atoms with E-state index in [1.165, 1.54) is 5.56 Å². The summed E-state index contributed by atoms with van der Waals surface area (Å²) in [7, 11) is 4.19. The van der Waals surface area contributed by atoms with Crippen molar-refractivity contribution in [3.05, 3.63) is 29.3 Å². The Hall–Kier alpha value is -1.92. The van der Waals surface area contributed by atoms with Gasteiger partial charge >= 0.3 is 0 Å². The van der Waals surface area contributed by atoms with Gasteiger partial charge in [-0.15, -0.1) is 0 Å². The lowest BCUT2D eigenvalue weighted by Crippen LogP contribution is -2.48. The van der Waals surface area contributed by atoms with Crippen LogP contribution >= 0.6 is 0 Å². The number of carbonyl (C=O) groups is 1. The predicted molar refractivity (Wildman–Crippen MR) is 102 cm³/mol. The first-order valence-electron chi connectivity index (χ1n) is 9.15. The maximum Gasteiger partial charge on any atom is 0.238 e. The van der Waals surface area contributed by atoms with Crippen molar-refractivity contribution in [2.75, 3.05) is 38.6 Å². The molecule has 1 aromatic carbocycles. The fourth-order valence-electron chi connectivity index (χ4n) is 3.66. The second kappa shape index (κ2) is 7.54. The van der Waals surface area contributed by atoms with Crippen molar-refractivity contribution in [2.45, 2.75) is 32.2 Å². The van der Waals surface area contributed by atoms with Crippen molar-refractivity contribution >= 4 is 17.3 Å². The van der Waals surface area contributed by atoms with Gasteiger partial charge in [-0.05, 0) is 71.1 Å². The van der Waals surface area contributed by atoms with E-state index in [9.17, 15) is 4.79 Å². The number of hydrogen-bond donors (Lipinski definition) is 2. The van der Waals surface area contributed by atoms with E-state index in [1.807, 2.05) is 11.8 Å². The third kappa shape index (κ3) is 3.55. The number of hydrazone groups is 1. The molecule has 0 bridgehead atoms. The van der Waals surface area contributed by atoms with Crippen LogP contribution in [-0.4, -0.2) is 56.3 Å². The Morgan fingerprint density at radius 1 is 1.32 bits per heavy atom. The summed E-state index contributed by atoms with van der Waals surface area (Å²) in [6, 6.07) is 6.48. The van der Waals surface area contributed by atoms with E-state index in [-0.39, 0.29) is 17.9 Å². The highest BCUT2D eigenvalue weighted by Gasteiger charge is 2.43. The molecule has 2 atom stereocenters. The number of nitrogens with two attached hydrogens (primary N) is 1. The van der Waals surface area contributed by atoms with Crippen LogP contribution in [-0.2, 0) is 11.2 Å². The predicted octanol–water partition coefficient (Wildman–Crippen LogP) is 1.19. The zero-order chi connectivity index (χ0) is 18.0. The van der Waals surface area contributed by atoms with Crippen LogP contribution in [0.15, 0.2) is 23.3 Å². The van der Waals surface area contributed by atoms with Gasteiger partial charge < -0.3 is 21.0 Å². The van der Waals surface area contributed by atoms with E-state index in [4.69, 9.17) is 5.73 Å². The Morgan fingerprint density at radius 3 is 2.84 bits per heavy atom. The quantitative estimate of drug-likeness (QED) is 0.780. The molecule has 3 rings (SSSR count). The smallest absolute Gasteiger partial charge is 0.238 e. The van der Waals surface area contributed by atoms with E-state index in [1.54, 1.807) is 0 Å². The Kier molecular flexibility index (Phi) is 5.39. The molecule has 2 aliphatic rings. The summed E-state index contributed by atoms with van der Waals surface area (Å²) < 4.78 is 0. The van der Waals surface area contributed by atoms with E-state index in [0.29, 0.717) is 13.1 Å². The summed E-state index contributed by atoms with van der Waals surface area (Å²) >= 11 is 0. The molecule has 25 heavy (non-hydrogen) atoms. The van der Waals surface area contributed by atoms with Crippen LogP contribution in [0.25, 0.3) is 0 Å². The average Bonchev–Trinajstić information content (AvgIpc) is 2.97. The largest absolute Gasteiger partial charge is 0.330 e. The number of hydrogen-bond acceptors (Lipinski definition) is 5. The Labute approximate surface area is 150 Å². The second-order valence-corrected chi connectivity index (χ2v) is 7.28. The van der Waals surface area contributed by atoms with Gasteiger partial charge in [-0.25, -0.2) is 0 Å². The molecule has 6 nitrogen and oxygen atoms in total. The van der Waals surface area contributed by atoms with Gasteiger partial charge in [0.05, 0.1) is 17.4 Å². The number of carbonyl (C=O) groups excluding carboxylic acids is 1. The highest BCUT2D eigenvalue weighted by atomic mass is 16.2. The molecule has 0 aromatic heterocycles. The fourth-order valence-corrected chi connectivity index (χ4v) is 3.66. The minimum absolute atomic E-state index is 0.0356. The number of nitrogens with one attached hydrogen (secondary N) is 1. The Bertz CT molecular complexity index is 670. The molecule has 1 amide bonds. The Morgan fingerprint density at radius 2 is 2.12 bits per heavy atom.